The highest BCUT2D eigenvalue weighted by molar-refractivity contribution is 9.10. The molecule has 31 heavy (non-hydrogen) atoms. The highest BCUT2D eigenvalue weighted by Gasteiger charge is 2.35. The van der Waals surface area contributed by atoms with Gasteiger partial charge in [0.1, 0.15) is 0 Å². The number of methoxy groups -OCH3 is 1. The van der Waals surface area contributed by atoms with Gasteiger partial charge in [0.2, 0.25) is 5.91 Å². The van der Waals surface area contributed by atoms with Crippen LogP contribution in [0, 0.1) is 0 Å². The Bertz CT molecular complexity index is 953. The van der Waals surface area contributed by atoms with Crippen molar-refractivity contribution in [3.63, 3.8) is 0 Å². The first-order valence-electron chi connectivity index (χ1n) is 9.85. The van der Waals surface area contributed by atoms with Crippen molar-refractivity contribution in [2.45, 2.75) is 18.4 Å². The van der Waals surface area contributed by atoms with Crippen LogP contribution >= 0.6 is 15.9 Å². The number of nitrogens with one attached hydrogen (secondary N) is 1. The molecular formula is C23H25BrN2O5. The third kappa shape index (κ3) is 6.08. The Balaban J connectivity index is 1.73. The normalized spacial score (nSPS) is 15.4. The summed E-state index contributed by atoms with van der Waals surface area (Å²) >= 11 is 3.46. The van der Waals surface area contributed by atoms with Crippen LogP contribution in [0.15, 0.2) is 53.0 Å². The number of primary amides is 1. The number of rotatable bonds is 8. The molecule has 0 radical (unpaired) electrons. The molecule has 7 nitrogen and oxygen atoms in total. The van der Waals surface area contributed by atoms with E-state index in [4.69, 9.17) is 19.9 Å². The highest BCUT2D eigenvalue weighted by atomic mass is 79.9. The Hall–Kier alpha value is -2.84. The lowest BCUT2D eigenvalue weighted by atomic mass is 9.82. The van der Waals surface area contributed by atoms with Crippen LogP contribution in [-0.2, 0) is 19.9 Å². The predicted octanol–water partition coefficient (Wildman–Crippen LogP) is 3.16. The number of benzene rings is 2. The van der Waals surface area contributed by atoms with Gasteiger partial charge in [0.05, 0.1) is 12.6 Å². The zero-order valence-corrected chi connectivity index (χ0v) is 18.8. The molecular weight excluding hydrogens is 464 g/mol. The van der Waals surface area contributed by atoms with Gasteiger partial charge in [-0.15, -0.1) is 0 Å². The van der Waals surface area contributed by atoms with Crippen LogP contribution in [0.1, 0.15) is 24.0 Å². The second kappa shape index (κ2) is 10.5. The molecule has 0 aromatic heterocycles. The monoisotopic (exact) mass is 488 g/mol. The first-order valence-corrected chi connectivity index (χ1v) is 10.6. The molecule has 2 aromatic rings. The van der Waals surface area contributed by atoms with Crippen LogP contribution in [0.5, 0.6) is 11.5 Å². The average molecular weight is 489 g/mol. The van der Waals surface area contributed by atoms with Crippen molar-refractivity contribution < 1.29 is 23.8 Å². The summed E-state index contributed by atoms with van der Waals surface area (Å²) < 4.78 is 17.1. The maximum atomic E-state index is 12.8. The molecule has 1 fully saturated rings. The topological polar surface area (TPSA) is 99.9 Å². The summed E-state index contributed by atoms with van der Waals surface area (Å²) in [6, 6.07) is 13.2. The second-order valence-electron chi connectivity index (χ2n) is 7.19. The number of carbonyl (C=O) groups excluding carboxylic acids is 2. The van der Waals surface area contributed by atoms with Gasteiger partial charge in [0, 0.05) is 23.8 Å². The largest absolute Gasteiger partial charge is 0.493 e. The standard InChI is InChI=1S/C23H25BrN2O5/c1-29-20-14-16(2-8-19(20)31-15-21(25)27)3-9-22(28)26-23(10-12-30-13-11-23)17-4-6-18(24)7-5-17/h2-9,14H,10-13,15H2,1H3,(H2,25,27)(H,26,28)/b9-3-. The summed E-state index contributed by atoms with van der Waals surface area (Å²) in [6.45, 7) is 0.934. The van der Waals surface area contributed by atoms with Crippen LogP contribution in [0.4, 0.5) is 0 Å². The molecule has 2 aromatic carbocycles. The van der Waals surface area contributed by atoms with E-state index in [1.165, 1.54) is 13.2 Å². The van der Waals surface area contributed by atoms with Crippen molar-refractivity contribution in [2.24, 2.45) is 5.73 Å². The summed E-state index contributed by atoms with van der Waals surface area (Å²) in [4.78, 5) is 23.7. The molecule has 2 amide bonds. The Morgan fingerprint density at radius 1 is 1.16 bits per heavy atom. The van der Waals surface area contributed by atoms with E-state index in [1.807, 2.05) is 24.3 Å². The highest BCUT2D eigenvalue weighted by Crippen LogP contribution is 2.33. The Morgan fingerprint density at radius 3 is 2.52 bits per heavy atom. The lowest BCUT2D eigenvalue weighted by molar-refractivity contribution is -0.120. The molecule has 1 heterocycles. The van der Waals surface area contributed by atoms with E-state index < -0.39 is 11.4 Å². The summed E-state index contributed by atoms with van der Waals surface area (Å²) in [7, 11) is 1.50. The van der Waals surface area contributed by atoms with Crippen molar-refractivity contribution in [3.05, 3.63) is 64.1 Å². The minimum absolute atomic E-state index is 0.196. The van der Waals surface area contributed by atoms with E-state index in [9.17, 15) is 9.59 Å². The lowest BCUT2D eigenvalue weighted by Crippen LogP contribution is -2.49. The summed E-state index contributed by atoms with van der Waals surface area (Å²) in [5, 5.41) is 3.18. The van der Waals surface area contributed by atoms with Gasteiger partial charge in [0.25, 0.3) is 5.91 Å². The number of hydrogen-bond donors (Lipinski definition) is 2. The number of ether oxygens (including phenoxy) is 3. The third-order valence-electron chi connectivity index (χ3n) is 5.09. The molecule has 0 saturated carbocycles. The molecule has 1 aliphatic heterocycles. The summed E-state index contributed by atoms with van der Waals surface area (Å²) in [5.74, 6) is 0.0761. The molecule has 0 atom stereocenters. The van der Waals surface area contributed by atoms with Crippen LogP contribution in [0.2, 0.25) is 0 Å². The van der Waals surface area contributed by atoms with E-state index >= 15 is 0 Å². The quantitative estimate of drug-likeness (QED) is 0.555. The van der Waals surface area contributed by atoms with E-state index in [-0.39, 0.29) is 12.5 Å². The van der Waals surface area contributed by atoms with Crippen molar-refractivity contribution in [2.75, 3.05) is 26.9 Å². The van der Waals surface area contributed by atoms with Gasteiger partial charge in [0.15, 0.2) is 18.1 Å². The number of nitrogens with two attached hydrogens (primary N) is 1. The Morgan fingerprint density at radius 2 is 1.87 bits per heavy atom. The Kier molecular flexibility index (Phi) is 7.70. The molecule has 8 heteroatoms. The smallest absolute Gasteiger partial charge is 0.255 e. The van der Waals surface area contributed by atoms with Crippen LogP contribution in [-0.4, -0.2) is 38.7 Å². The minimum Gasteiger partial charge on any atom is -0.493 e. The number of hydrogen-bond acceptors (Lipinski definition) is 5. The molecule has 1 saturated heterocycles. The molecule has 1 aliphatic rings. The van der Waals surface area contributed by atoms with E-state index in [1.54, 1.807) is 24.3 Å². The van der Waals surface area contributed by atoms with Gasteiger partial charge < -0.3 is 25.3 Å². The number of carbonyl (C=O) groups is 2. The summed E-state index contributed by atoms with van der Waals surface area (Å²) in [5.41, 5.74) is 6.45. The predicted molar refractivity (Wildman–Crippen MR) is 121 cm³/mol. The van der Waals surface area contributed by atoms with Crippen LogP contribution < -0.4 is 20.5 Å². The SMILES string of the molecule is COc1cc(/C=C\C(=O)NC2(c3ccc(Br)cc3)CCOCC2)ccc1OCC(N)=O. The molecule has 0 bridgehead atoms. The number of halogens is 1. The van der Waals surface area contributed by atoms with Gasteiger partial charge in [-0.25, -0.2) is 0 Å². The van der Waals surface area contributed by atoms with Gasteiger partial charge in [-0.05, 0) is 54.3 Å². The van der Waals surface area contributed by atoms with Crippen LogP contribution in [0.3, 0.4) is 0 Å². The fourth-order valence-electron chi connectivity index (χ4n) is 3.48. The van der Waals surface area contributed by atoms with E-state index in [0.717, 1.165) is 15.6 Å². The van der Waals surface area contributed by atoms with Gasteiger partial charge >= 0.3 is 0 Å². The minimum atomic E-state index is -0.574. The molecule has 3 rings (SSSR count). The Labute approximate surface area is 189 Å². The van der Waals surface area contributed by atoms with Gasteiger partial charge in [-0.2, -0.15) is 0 Å². The van der Waals surface area contributed by atoms with Gasteiger partial charge in [-0.3, -0.25) is 9.59 Å². The lowest BCUT2D eigenvalue weighted by Gasteiger charge is -2.38. The fourth-order valence-corrected chi connectivity index (χ4v) is 3.74. The van der Waals surface area contributed by atoms with Crippen molar-refractivity contribution in [1.82, 2.24) is 5.32 Å². The maximum Gasteiger partial charge on any atom is 0.255 e. The maximum absolute atomic E-state index is 12.8. The zero-order chi connectivity index (χ0) is 22.3. The molecule has 164 valence electrons. The van der Waals surface area contributed by atoms with E-state index in [0.29, 0.717) is 37.6 Å². The second-order valence-corrected chi connectivity index (χ2v) is 8.10. The molecule has 0 spiro atoms. The van der Waals surface area contributed by atoms with Crippen molar-refractivity contribution in [3.8, 4) is 11.5 Å². The molecule has 0 aliphatic carbocycles. The van der Waals surface area contributed by atoms with Crippen LogP contribution in [0.25, 0.3) is 6.08 Å². The average Bonchev–Trinajstić information content (AvgIpc) is 2.77. The van der Waals surface area contributed by atoms with E-state index in [2.05, 4.69) is 21.2 Å². The van der Waals surface area contributed by atoms with Crippen molar-refractivity contribution in [1.29, 1.82) is 0 Å². The molecule has 0 unspecified atom stereocenters. The van der Waals surface area contributed by atoms with Crippen molar-refractivity contribution >= 4 is 33.8 Å². The number of amides is 2. The molecule has 3 N–H and O–H groups in total. The summed E-state index contributed by atoms with van der Waals surface area (Å²) in [6.07, 6.45) is 4.60. The first kappa shape index (κ1) is 22.8. The first-order chi connectivity index (χ1) is 14.9. The third-order valence-corrected chi connectivity index (χ3v) is 5.62. The van der Waals surface area contributed by atoms with Gasteiger partial charge in [-0.1, -0.05) is 34.1 Å². The zero-order valence-electron chi connectivity index (χ0n) is 17.2. The fraction of sp³-hybridized carbons (Fsp3) is 0.304.